The van der Waals surface area contributed by atoms with E-state index in [1.165, 1.54) is 0 Å². The number of benzene rings is 1. The second-order valence-electron chi connectivity index (χ2n) is 4.55. The van der Waals surface area contributed by atoms with Crippen LogP contribution in [-0.2, 0) is 11.2 Å². The van der Waals surface area contributed by atoms with Crippen LogP contribution in [-0.4, -0.2) is 35.4 Å². The van der Waals surface area contributed by atoms with Crippen molar-refractivity contribution in [2.24, 2.45) is 0 Å². The highest BCUT2D eigenvalue weighted by atomic mass is 79.9. The number of nitrogens with zero attached hydrogens (tertiary/aromatic N) is 1. The molecule has 0 aliphatic carbocycles. The summed E-state index contributed by atoms with van der Waals surface area (Å²) in [5.41, 5.74) is 2.04. The van der Waals surface area contributed by atoms with Crippen LogP contribution in [0.5, 0.6) is 0 Å². The molecule has 1 amide bonds. The Labute approximate surface area is 125 Å². The molecule has 0 bridgehead atoms. The molecule has 0 aromatic heterocycles. The number of aryl methyl sites for hydroxylation is 2. The molecule has 0 unspecified atom stereocenters. The van der Waals surface area contributed by atoms with Gasteiger partial charge in [0.15, 0.2) is 0 Å². The third-order valence-electron chi connectivity index (χ3n) is 2.95. The molecular weight excluding hydrogens is 335 g/mol. The molecule has 0 fully saturated rings. The van der Waals surface area contributed by atoms with E-state index in [1.807, 2.05) is 31.2 Å². The van der Waals surface area contributed by atoms with Crippen LogP contribution in [0.2, 0.25) is 0 Å². The molecular formula is C14H17BrF3NO. The minimum absolute atomic E-state index is 0.0616. The molecule has 0 aliphatic heterocycles. The minimum Gasteiger partial charge on any atom is -0.333 e. The van der Waals surface area contributed by atoms with Crippen LogP contribution in [0.25, 0.3) is 0 Å². The van der Waals surface area contributed by atoms with Crippen molar-refractivity contribution in [3.05, 3.63) is 35.4 Å². The summed E-state index contributed by atoms with van der Waals surface area (Å²) in [7, 11) is 0. The molecule has 0 saturated carbocycles. The largest absolute Gasteiger partial charge is 0.406 e. The zero-order valence-corrected chi connectivity index (χ0v) is 12.8. The van der Waals surface area contributed by atoms with Gasteiger partial charge in [-0.2, -0.15) is 13.2 Å². The van der Waals surface area contributed by atoms with Crippen LogP contribution in [0.1, 0.15) is 17.5 Å². The summed E-state index contributed by atoms with van der Waals surface area (Å²) in [5.74, 6) is -0.468. The van der Waals surface area contributed by atoms with E-state index in [0.717, 1.165) is 16.0 Å². The number of carbonyl (C=O) groups excluding carboxylic acids is 1. The fourth-order valence-corrected chi connectivity index (χ4v) is 2.33. The predicted octanol–water partition coefficient (Wildman–Crippen LogP) is 3.71. The molecule has 112 valence electrons. The Morgan fingerprint density at radius 3 is 2.50 bits per heavy atom. The predicted molar refractivity (Wildman–Crippen MR) is 75.9 cm³/mol. The van der Waals surface area contributed by atoms with E-state index in [2.05, 4.69) is 15.9 Å². The Bertz CT molecular complexity index is 448. The summed E-state index contributed by atoms with van der Waals surface area (Å²) in [6.07, 6.45) is -3.81. The van der Waals surface area contributed by atoms with E-state index < -0.39 is 18.6 Å². The van der Waals surface area contributed by atoms with Crippen LogP contribution >= 0.6 is 15.9 Å². The first-order valence-corrected chi connectivity index (χ1v) is 7.40. The Morgan fingerprint density at radius 2 is 1.95 bits per heavy atom. The molecule has 0 atom stereocenters. The van der Waals surface area contributed by atoms with Gasteiger partial charge in [0.05, 0.1) is 0 Å². The number of amides is 1. The van der Waals surface area contributed by atoms with E-state index in [-0.39, 0.29) is 13.0 Å². The van der Waals surface area contributed by atoms with E-state index in [0.29, 0.717) is 11.8 Å². The van der Waals surface area contributed by atoms with Crippen molar-refractivity contribution in [1.29, 1.82) is 0 Å². The lowest BCUT2D eigenvalue weighted by Crippen LogP contribution is -2.40. The molecule has 20 heavy (non-hydrogen) atoms. The average molecular weight is 352 g/mol. The van der Waals surface area contributed by atoms with Crippen LogP contribution in [0.4, 0.5) is 13.2 Å². The average Bonchev–Trinajstić information content (AvgIpc) is 2.35. The summed E-state index contributed by atoms with van der Waals surface area (Å²) < 4.78 is 37.2. The quantitative estimate of drug-likeness (QED) is 0.715. The molecule has 6 heteroatoms. The van der Waals surface area contributed by atoms with Crippen molar-refractivity contribution < 1.29 is 18.0 Å². The lowest BCUT2D eigenvalue weighted by atomic mass is 10.0. The van der Waals surface area contributed by atoms with Gasteiger partial charge < -0.3 is 4.90 Å². The maximum Gasteiger partial charge on any atom is 0.406 e. The monoisotopic (exact) mass is 351 g/mol. The third-order valence-corrected chi connectivity index (χ3v) is 3.30. The Balaban J connectivity index is 2.60. The molecule has 1 aromatic rings. The van der Waals surface area contributed by atoms with Gasteiger partial charge in [0.2, 0.25) is 5.91 Å². The van der Waals surface area contributed by atoms with Crippen molar-refractivity contribution >= 4 is 21.8 Å². The first-order valence-electron chi connectivity index (χ1n) is 6.28. The van der Waals surface area contributed by atoms with Crippen molar-refractivity contribution in [3.63, 3.8) is 0 Å². The van der Waals surface area contributed by atoms with Gasteiger partial charge in [-0.15, -0.1) is 0 Å². The number of hydrogen-bond acceptors (Lipinski definition) is 1. The van der Waals surface area contributed by atoms with Crippen LogP contribution in [0, 0.1) is 6.92 Å². The van der Waals surface area contributed by atoms with Gasteiger partial charge in [0.25, 0.3) is 0 Å². The van der Waals surface area contributed by atoms with Gasteiger partial charge in [-0.3, -0.25) is 4.79 Å². The van der Waals surface area contributed by atoms with Gasteiger partial charge in [-0.1, -0.05) is 40.2 Å². The molecule has 0 saturated heterocycles. The molecule has 1 aromatic carbocycles. The zero-order valence-electron chi connectivity index (χ0n) is 11.2. The first kappa shape index (κ1) is 17.0. The van der Waals surface area contributed by atoms with Crippen molar-refractivity contribution in [1.82, 2.24) is 4.90 Å². The van der Waals surface area contributed by atoms with Gasteiger partial charge in [0.1, 0.15) is 6.54 Å². The number of alkyl halides is 4. The SMILES string of the molecule is Cc1ccccc1CCC(=O)N(CCBr)CC(F)(F)F. The number of rotatable bonds is 6. The van der Waals surface area contributed by atoms with Crippen molar-refractivity contribution in [2.45, 2.75) is 25.9 Å². The van der Waals surface area contributed by atoms with Gasteiger partial charge >= 0.3 is 6.18 Å². The summed E-state index contributed by atoms with van der Waals surface area (Å²) in [4.78, 5) is 12.8. The molecule has 0 aliphatic rings. The van der Waals surface area contributed by atoms with Gasteiger partial charge in [-0.25, -0.2) is 0 Å². The molecule has 0 N–H and O–H groups in total. The Hall–Kier alpha value is -1.04. The molecule has 1 rings (SSSR count). The van der Waals surface area contributed by atoms with Crippen LogP contribution in [0.15, 0.2) is 24.3 Å². The molecule has 2 nitrogen and oxygen atoms in total. The second kappa shape index (κ2) is 7.67. The van der Waals surface area contributed by atoms with Crippen LogP contribution in [0.3, 0.4) is 0 Å². The fraction of sp³-hybridized carbons (Fsp3) is 0.500. The van der Waals surface area contributed by atoms with Gasteiger partial charge in [0, 0.05) is 18.3 Å². The topological polar surface area (TPSA) is 20.3 Å². The molecule has 0 radical (unpaired) electrons. The second-order valence-corrected chi connectivity index (χ2v) is 5.34. The van der Waals surface area contributed by atoms with E-state index >= 15 is 0 Å². The first-order chi connectivity index (χ1) is 9.33. The van der Waals surface area contributed by atoms with Crippen molar-refractivity contribution in [3.8, 4) is 0 Å². The summed E-state index contributed by atoms with van der Waals surface area (Å²) in [5, 5.41) is 0.333. The van der Waals surface area contributed by atoms with Crippen LogP contribution < -0.4 is 0 Å². The molecule has 0 heterocycles. The van der Waals surface area contributed by atoms with Gasteiger partial charge in [-0.05, 0) is 24.5 Å². The van der Waals surface area contributed by atoms with Crippen molar-refractivity contribution in [2.75, 3.05) is 18.4 Å². The summed E-state index contributed by atoms with van der Waals surface area (Å²) in [6, 6.07) is 7.56. The fourth-order valence-electron chi connectivity index (χ4n) is 1.90. The zero-order chi connectivity index (χ0) is 15.2. The standard InChI is InChI=1S/C14H17BrF3NO/c1-11-4-2-3-5-12(11)6-7-13(20)19(9-8-15)10-14(16,17)18/h2-5H,6-10H2,1H3. The summed E-state index contributed by atoms with van der Waals surface area (Å²) in [6.45, 7) is 0.795. The number of halogens is 4. The maximum atomic E-state index is 12.4. The molecule has 0 spiro atoms. The highest BCUT2D eigenvalue weighted by Crippen LogP contribution is 2.18. The van der Waals surface area contributed by atoms with E-state index in [9.17, 15) is 18.0 Å². The Kier molecular flexibility index (Phi) is 6.52. The normalized spacial score (nSPS) is 11.4. The smallest absolute Gasteiger partial charge is 0.333 e. The number of hydrogen-bond donors (Lipinski definition) is 0. The summed E-state index contributed by atoms with van der Waals surface area (Å²) >= 11 is 3.07. The lowest BCUT2D eigenvalue weighted by Gasteiger charge is -2.23. The highest BCUT2D eigenvalue weighted by Gasteiger charge is 2.32. The highest BCUT2D eigenvalue weighted by molar-refractivity contribution is 9.09. The minimum atomic E-state index is -4.36. The lowest BCUT2D eigenvalue weighted by molar-refractivity contribution is -0.160. The number of carbonyl (C=O) groups is 1. The van der Waals surface area contributed by atoms with E-state index in [1.54, 1.807) is 0 Å². The van der Waals surface area contributed by atoms with E-state index in [4.69, 9.17) is 0 Å². The Morgan fingerprint density at radius 1 is 1.30 bits per heavy atom. The third kappa shape index (κ3) is 5.94. The maximum absolute atomic E-state index is 12.4.